The molecule has 0 aliphatic rings. The van der Waals surface area contributed by atoms with Crippen LogP contribution in [0.2, 0.25) is 0 Å². The molecule has 0 N–H and O–H groups in total. The van der Waals surface area contributed by atoms with Crippen LogP contribution in [0.4, 0.5) is 0 Å². The zero-order valence-electron chi connectivity index (χ0n) is 2.79. The molecule has 6 heteroatoms. The van der Waals surface area contributed by atoms with Crippen molar-refractivity contribution >= 4 is 0 Å². The molecule has 0 heterocycles. The van der Waals surface area contributed by atoms with E-state index in [2.05, 4.69) is 2.32 Å². The molecule has 0 amide bonds. The zero-order valence-corrected chi connectivity index (χ0v) is 9.16. The van der Waals surface area contributed by atoms with Crippen LogP contribution in [0, 0.1) is 0 Å². The maximum atomic E-state index is 9.27. The Bertz CT molecular complexity index is 68.9. The van der Waals surface area contributed by atoms with Crippen LogP contribution in [0.1, 0.15) is 0 Å². The van der Waals surface area contributed by atoms with Gasteiger partial charge in [-0.15, -0.1) is 0 Å². The summed E-state index contributed by atoms with van der Waals surface area (Å²) in [6, 6.07) is 0. The van der Waals surface area contributed by atoms with E-state index in [4.69, 9.17) is 0 Å². The van der Waals surface area contributed by atoms with Gasteiger partial charge in [-0.2, -0.15) is 0 Å². The molecule has 0 unspecified atom stereocenters. The van der Waals surface area contributed by atoms with Crippen molar-refractivity contribution in [2.75, 3.05) is 0 Å². The van der Waals surface area contributed by atoms with Crippen LogP contribution in [-0.4, -0.2) is 0 Å². The molecule has 0 saturated carbocycles. The van der Waals surface area contributed by atoms with E-state index in [1.165, 1.54) is 0 Å². The Morgan fingerprint density at radius 3 is 1.67 bits per heavy atom. The summed E-state index contributed by atoms with van der Waals surface area (Å²) in [6.45, 7) is 0. The third-order valence-corrected chi connectivity index (χ3v) is 1.48. The molecule has 0 atom stereocenters. The fraction of sp³-hybridized carbons (Fsp3) is 0. The van der Waals surface area contributed by atoms with Crippen LogP contribution in [0.25, 0.3) is 0 Å². The van der Waals surface area contributed by atoms with Crippen molar-refractivity contribution in [3.63, 3.8) is 0 Å². The number of hydrogen-bond donors (Lipinski definition) is 0. The maximum absolute atomic E-state index is 9.27. The summed E-state index contributed by atoms with van der Waals surface area (Å²) >= 11 is -2.12. The molecule has 0 radical (unpaired) electrons. The minimum absolute atomic E-state index is 0. The van der Waals surface area contributed by atoms with Crippen molar-refractivity contribution in [2.24, 2.45) is 0 Å². The Hall–Kier alpha value is 1.46. The monoisotopic (exact) mass is 261 g/mol. The van der Waals surface area contributed by atoms with Gasteiger partial charge in [0.05, 0.1) is 0 Å². The second-order valence-electron chi connectivity index (χ2n) is 0.298. The van der Waals surface area contributed by atoms with Crippen molar-refractivity contribution < 1.29 is 64.7 Å². The van der Waals surface area contributed by atoms with E-state index in [1.54, 1.807) is 0 Å². The Labute approximate surface area is 64.3 Å². The molecule has 0 fully saturated rings. The Morgan fingerprint density at radius 1 is 1.50 bits per heavy atom. The van der Waals surface area contributed by atoms with E-state index < -0.39 is 15.4 Å². The second kappa shape index (κ2) is 6.46. The second-order valence-corrected chi connectivity index (χ2v) is 2.74. The van der Waals surface area contributed by atoms with Gasteiger partial charge in [0.2, 0.25) is 0 Å². The minimum Gasteiger partial charge on any atom is 0 e. The molecule has 0 spiro atoms. The normalized spacial score (nSPS) is 6.00. The van der Waals surface area contributed by atoms with Gasteiger partial charge < -0.3 is 0 Å². The van der Waals surface area contributed by atoms with Crippen LogP contribution in [0.3, 0.4) is 0 Å². The average Bonchev–Trinajstić information content (AvgIpc) is 1.38. The summed E-state index contributed by atoms with van der Waals surface area (Å²) in [5, 5.41) is 0. The van der Waals surface area contributed by atoms with Crippen LogP contribution >= 0.6 is 0 Å². The van der Waals surface area contributed by atoms with Gasteiger partial charge in [-0.1, -0.05) is 0 Å². The fourth-order valence-electron chi connectivity index (χ4n) is 0. The van der Waals surface area contributed by atoms with Crippen molar-refractivity contribution in [3.8, 4) is 0 Å². The summed E-state index contributed by atoms with van der Waals surface area (Å²) < 4.78 is 22.3. The van der Waals surface area contributed by atoms with Gasteiger partial charge in [0.25, 0.3) is 0 Å². The third kappa shape index (κ3) is 9.07. The first-order valence-electron chi connectivity index (χ1n) is 0.714. The molecule has 31 valence electrons. The first kappa shape index (κ1) is 10.4. The van der Waals surface area contributed by atoms with E-state index in [1.807, 2.05) is 0 Å². The largest absolute Gasteiger partial charge is 0 e. The smallest absolute Gasteiger partial charge is 0 e. The molecule has 3 nitrogen and oxygen atoms in total. The Morgan fingerprint density at radius 2 is 1.67 bits per heavy atom. The molecule has 0 aromatic carbocycles. The van der Waals surface area contributed by atoms with Crippen LogP contribution in [0.5, 0.6) is 0 Å². The Kier molecular flexibility index (Phi) is 11.2. The SMILES string of the molecule is [O]=[V](=[O])[O][Mo].[Zn]. The summed E-state index contributed by atoms with van der Waals surface area (Å²) in [6.07, 6.45) is 0. The standard InChI is InChI=1S/Mo.3O.V.Zn. The average molecular weight is 260 g/mol. The quantitative estimate of drug-likeness (QED) is 0.607. The predicted octanol–water partition coefficient (Wildman–Crippen LogP) is -0.314. The van der Waals surface area contributed by atoms with E-state index in [9.17, 15) is 7.35 Å². The van der Waals surface area contributed by atoms with Gasteiger partial charge in [-0.25, -0.2) is 0 Å². The molecule has 0 aliphatic heterocycles. The van der Waals surface area contributed by atoms with E-state index in [-0.39, 0.29) is 19.5 Å². The number of hydrogen-bond acceptors (Lipinski definition) is 3. The molecule has 0 aromatic heterocycles. The molecular formula is MoO3VZn. The van der Waals surface area contributed by atoms with E-state index in [0.717, 1.165) is 20.2 Å². The summed E-state index contributed by atoms with van der Waals surface area (Å²) in [7, 11) is 0. The van der Waals surface area contributed by atoms with Gasteiger partial charge in [-0.3, -0.25) is 0 Å². The van der Waals surface area contributed by atoms with Crippen molar-refractivity contribution in [2.45, 2.75) is 0 Å². The van der Waals surface area contributed by atoms with Gasteiger partial charge in [0.1, 0.15) is 0 Å². The number of rotatable bonds is 1. The van der Waals surface area contributed by atoms with Gasteiger partial charge in [-0.05, 0) is 0 Å². The molecule has 0 saturated heterocycles. The van der Waals surface area contributed by atoms with Crippen LogP contribution in [0.15, 0.2) is 0 Å². The molecule has 0 bridgehead atoms. The first-order valence-corrected chi connectivity index (χ1v) is 3.24. The molecule has 0 aliphatic carbocycles. The first-order chi connectivity index (χ1) is 2.27. The molecule has 0 rings (SSSR count). The van der Waals surface area contributed by atoms with Crippen LogP contribution in [-0.2, 0) is 64.7 Å². The predicted molar refractivity (Wildman–Crippen MR) is 2.46 cm³/mol. The summed E-state index contributed by atoms with van der Waals surface area (Å²) in [4.78, 5) is 0. The van der Waals surface area contributed by atoms with E-state index >= 15 is 0 Å². The summed E-state index contributed by atoms with van der Waals surface area (Å²) in [5.74, 6) is 0. The van der Waals surface area contributed by atoms with Crippen molar-refractivity contribution in [3.05, 3.63) is 0 Å². The van der Waals surface area contributed by atoms with Crippen molar-refractivity contribution in [1.82, 2.24) is 0 Å². The topological polar surface area (TPSA) is 43.4 Å². The van der Waals surface area contributed by atoms with Gasteiger partial charge in [0.15, 0.2) is 0 Å². The van der Waals surface area contributed by atoms with E-state index in [0.29, 0.717) is 0 Å². The van der Waals surface area contributed by atoms with Gasteiger partial charge in [0, 0.05) is 19.5 Å². The van der Waals surface area contributed by atoms with Crippen LogP contribution < -0.4 is 0 Å². The summed E-state index contributed by atoms with van der Waals surface area (Å²) in [5.41, 5.74) is 0. The van der Waals surface area contributed by atoms with Gasteiger partial charge >= 0.3 is 45.3 Å². The minimum atomic E-state index is -3.20. The fourth-order valence-corrected chi connectivity index (χ4v) is 0. The third-order valence-electron chi connectivity index (χ3n) is 0.0609. The molecule has 0 aromatic rings. The molecular weight excluding hydrogens is 260 g/mol. The Balaban J connectivity index is 0. The molecule has 6 heavy (non-hydrogen) atoms. The maximum Gasteiger partial charge on any atom is 0 e. The zero-order chi connectivity index (χ0) is 4.28. The van der Waals surface area contributed by atoms with Crippen molar-refractivity contribution in [1.29, 1.82) is 0 Å².